The van der Waals surface area contributed by atoms with Crippen molar-refractivity contribution in [2.24, 2.45) is 0 Å². The first-order valence-electron chi connectivity index (χ1n) is 7.75. The summed E-state index contributed by atoms with van der Waals surface area (Å²) < 4.78 is 0. The third-order valence-corrected chi connectivity index (χ3v) is 4.99. The first-order chi connectivity index (χ1) is 12.5. The van der Waals surface area contributed by atoms with Gasteiger partial charge < -0.3 is 10.4 Å². The van der Waals surface area contributed by atoms with Crippen molar-refractivity contribution in [2.75, 3.05) is 5.32 Å². The Morgan fingerprint density at radius 1 is 1.08 bits per heavy atom. The monoisotopic (exact) mass is 386 g/mol. The van der Waals surface area contributed by atoms with Gasteiger partial charge in [-0.2, -0.15) is 0 Å². The topological polar surface area (TPSA) is 75.4 Å². The third-order valence-electron chi connectivity index (χ3n) is 3.65. The highest BCUT2D eigenvalue weighted by molar-refractivity contribution is 7.99. The standard InChI is InChI=1S/C19H15ClN2O3S/c20-14-5-3-6-16(10-14)26-19-7-2-1-4-13(19)12-21-15-8-9-18(23)17(11-15)22(24)25/h1-11,21,23H,12H2. The van der Waals surface area contributed by atoms with E-state index in [0.29, 0.717) is 17.3 Å². The van der Waals surface area contributed by atoms with E-state index in [-0.39, 0.29) is 11.4 Å². The molecule has 0 spiro atoms. The number of phenols is 1. The number of nitrogens with one attached hydrogen (secondary N) is 1. The van der Waals surface area contributed by atoms with Crippen LogP contribution in [-0.2, 0) is 6.54 Å². The average Bonchev–Trinajstić information content (AvgIpc) is 2.62. The number of nitrogens with zero attached hydrogens (tertiary/aromatic N) is 1. The first-order valence-corrected chi connectivity index (χ1v) is 8.95. The number of aromatic hydroxyl groups is 1. The van der Waals surface area contributed by atoms with Gasteiger partial charge in [0.05, 0.1) is 4.92 Å². The maximum Gasteiger partial charge on any atom is 0.312 e. The number of halogens is 1. The molecule has 0 saturated heterocycles. The number of phenolic OH excluding ortho intramolecular Hbond substituents is 1. The molecule has 0 aliphatic heterocycles. The summed E-state index contributed by atoms with van der Waals surface area (Å²) in [5.74, 6) is -0.350. The molecular formula is C19H15ClN2O3S. The van der Waals surface area contributed by atoms with E-state index in [2.05, 4.69) is 5.32 Å². The maximum atomic E-state index is 10.9. The summed E-state index contributed by atoms with van der Waals surface area (Å²) in [5.41, 5.74) is 1.29. The van der Waals surface area contributed by atoms with Crippen molar-refractivity contribution in [3.8, 4) is 5.75 Å². The molecule has 26 heavy (non-hydrogen) atoms. The zero-order chi connectivity index (χ0) is 18.5. The Hall–Kier alpha value is -2.70. The van der Waals surface area contributed by atoms with Crippen molar-refractivity contribution >= 4 is 34.7 Å². The maximum absolute atomic E-state index is 10.9. The molecular weight excluding hydrogens is 372 g/mol. The van der Waals surface area contributed by atoms with Crippen LogP contribution in [0.1, 0.15) is 5.56 Å². The normalized spacial score (nSPS) is 10.5. The minimum atomic E-state index is -0.608. The zero-order valence-corrected chi connectivity index (χ0v) is 15.1. The van der Waals surface area contributed by atoms with Crippen LogP contribution in [0, 0.1) is 10.1 Å². The molecule has 0 heterocycles. The summed E-state index contributed by atoms with van der Waals surface area (Å²) in [5, 5.41) is 24.3. The molecule has 2 N–H and O–H groups in total. The molecule has 3 rings (SSSR count). The molecule has 0 aliphatic rings. The Morgan fingerprint density at radius 2 is 1.88 bits per heavy atom. The van der Waals surface area contributed by atoms with Crippen molar-refractivity contribution < 1.29 is 10.0 Å². The van der Waals surface area contributed by atoms with E-state index in [0.717, 1.165) is 15.4 Å². The summed E-state index contributed by atoms with van der Waals surface area (Å²) >= 11 is 7.65. The van der Waals surface area contributed by atoms with Crippen molar-refractivity contribution in [1.82, 2.24) is 0 Å². The van der Waals surface area contributed by atoms with Crippen LogP contribution >= 0.6 is 23.4 Å². The number of hydrogen-bond donors (Lipinski definition) is 2. The Morgan fingerprint density at radius 3 is 2.65 bits per heavy atom. The fourth-order valence-electron chi connectivity index (χ4n) is 2.38. The largest absolute Gasteiger partial charge is 0.502 e. The van der Waals surface area contributed by atoms with E-state index in [9.17, 15) is 15.2 Å². The lowest BCUT2D eigenvalue weighted by Crippen LogP contribution is -2.01. The van der Waals surface area contributed by atoms with Gasteiger partial charge in [-0.05, 0) is 42.0 Å². The van der Waals surface area contributed by atoms with Gasteiger partial charge in [0.25, 0.3) is 0 Å². The second-order valence-electron chi connectivity index (χ2n) is 5.48. The lowest BCUT2D eigenvalue weighted by molar-refractivity contribution is -0.385. The Labute approximate surface area is 159 Å². The summed E-state index contributed by atoms with van der Waals surface area (Å²) in [6, 6.07) is 19.8. The van der Waals surface area contributed by atoms with E-state index in [1.807, 2.05) is 48.5 Å². The molecule has 0 aliphatic carbocycles. The van der Waals surface area contributed by atoms with Crippen LogP contribution in [0.5, 0.6) is 5.75 Å². The van der Waals surface area contributed by atoms with Crippen molar-refractivity contribution in [2.45, 2.75) is 16.3 Å². The van der Waals surface area contributed by atoms with Gasteiger partial charge in [-0.25, -0.2) is 0 Å². The smallest absolute Gasteiger partial charge is 0.312 e. The highest BCUT2D eigenvalue weighted by Gasteiger charge is 2.13. The van der Waals surface area contributed by atoms with Gasteiger partial charge in [0.1, 0.15) is 0 Å². The molecule has 0 unspecified atom stereocenters. The fraction of sp³-hybridized carbons (Fsp3) is 0.0526. The van der Waals surface area contributed by atoms with Crippen LogP contribution in [0.3, 0.4) is 0 Å². The molecule has 5 nitrogen and oxygen atoms in total. The summed E-state index contributed by atoms with van der Waals surface area (Å²) in [4.78, 5) is 12.4. The van der Waals surface area contributed by atoms with Crippen LogP contribution in [0.25, 0.3) is 0 Å². The number of benzene rings is 3. The Kier molecular flexibility index (Phi) is 5.65. The van der Waals surface area contributed by atoms with E-state index < -0.39 is 4.92 Å². The molecule has 0 saturated carbocycles. The predicted octanol–water partition coefficient (Wildman–Crippen LogP) is 5.72. The predicted molar refractivity (Wildman–Crippen MR) is 104 cm³/mol. The molecule has 0 atom stereocenters. The quantitative estimate of drug-likeness (QED) is 0.322. The number of hydrogen-bond acceptors (Lipinski definition) is 5. The van der Waals surface area contributed by atoms with Gasteiger partial charge >= 0.3 is 5.69 Å². The summed E-state index contributed by atoms with van der Waals surface area (Å²) in [6.07, 6.45) is 0. The van der Waals surface area contributed by atoms with Crippen LogP contribution in [0.15, 0.2) is 76.5 Å². The third kappa shape index (κ3) is 4.47. The number of nitro benzene ring substituents is 1. The van der Waals surface area contributed by atoms with Crippen LogP contribution in [-0.4, -0.2) is 10.0 Å². The molecule has 3 aromatic rings. The van der Waals surface area contributed by atoms with E-state index in [1.54, 1.807) is 17.8 Å². The number of rotatable bonds is 6. The van der Waals surface area contributed by atoms with E-state index >= 15 is 0 Å². The molecule has 3 aromatic carbocycles. The highest BCUT2D eigenvalue weighted by Crippen LogP contribution is 2.33. The number of nitro groups is 1. The number of anilines is 1. The van der Waals surface area contributed by atoms with E-state index in [4.69, 9.17) is 11.6 Å². The first kappa shape index (κ1) is 18.1. The summed E-state index contributed by atoms with van der Waals surface area (Å²) in [6.45, 7) is 0.492. The van der Waals surface area contributed by atoms with Gasteiger partial charge in [-0.3, -0.25) is 10.1 Å². The molecule has 0 amide bonds. The fourth-order valence-corrected chi connectivity index (χ4v) is 3.64. The van der Waals surface area contributed by atoms with Crippen LogP contribution < -0.4 is 5.32 Å². The average molecular weight is 387 g/mol. The molecule has 132 valence electrons. The molecule has 0 radical (unpaired) electrons. The van der Waals surface area contributed by atoms with Gasteiger partial charge in [0.15, 0.2) is 5.75 Å². The minimum absolute atomic E-state index is 0.323. The second kappa shape index (κ2) is 8.12. The SMILES string of the molecule is O=[N+]([O-])c1cc(NCc2ccccc2Sc2cccc(Cl)c2)ccc1O. The van der Waals surface area contributed by atoms with E-state index in [1.165, 1.54) is 12.1 Å². The Balaban J connectivity index is 1.77. The van der Waals surface area contributed by atoms with Gasteiger partial charge in [-0.1, -0.05) is 47.6 Å². The Bertz CT molecular complexity index is 950. The summed E-state index contributed by atoms with van der Waals surface area (Å²) in [7, 11) is 0. The van der Waals surface area contributed by atoms with Gasteiger partial charge in [-0.15, -0.1) is 0 Å². The van der Waals surface area contributed by atoms with Crippen molar-refractivity contribution in [1.29, 1.82) is 0 Å². The molecule has 0 fully saturated rings. The van der Waals surface area contributed by atoms with Crippen LogP contribution in [0.2, 0.25) is 5.02 Å². The minimum Gasteiger partial charge on any atom is -0.502 e. The molecule has 7 heteroatoms. The van der Waals surface area contributed by atoms with Crippen molar-refractivity contribution in [3.05, 3.63) is 87.4 Å². The zero-order valence-electron chi connectivity index (χ0n) is 13.6. The molecule has 0 bridgehead atoms. The van der Waals surface area contributed by atoms with Gasteiger partial charge in [0.2, 0.25) is 0 Å². The lowest BCUT2D eigenvalue weighted by Gasteiger charge is -2.11. The van der Waals surface area contributed by atoms with Gasteiger partial charge in [0, 0.05) is 33.1 Å². The van der Waals surface area contributed by atoms with Crippen LogP contribution in [0.4, 0.5) is 11.4 Å². The lowest BCUT2D eigenvalue weighted by atomic mass is 10.2. The molecule has 0 aromatic heterocycles. The second-order valence-corrected chi connectivity index (χ2v) is 7.03. The van der Waals surface area contributed by atoms with Crippen molar-refractivity contribution in [3.63, 3.8) is 0 Å². The highest BCUT2D eigenvalue weighted by atomic mass is 35.5.